The Morgan fingerprint density at radius 1 is 1.50 bits per heavy atom. The lowest BCUT2D eigenvalue weighted by molar-refractivity contribution is -0.0948. The number of aliphatic hydroxyl groups excluding tert-OH is 2. The van der Waals surface area contributed by atoms with Crippen molar-refractivity contribution in [1.82, 2.24) is 14.5 Å². The standard InChI is InChI=1S/C12H16N4O4/c1-12(19)8(18)7(4-17)20-11(12)16-3-2-6-9(13)14-5-15-10(6)16/h2-3,5,7-8,11,17-19H,4H2,1H3,(H2,13,14,15)/t7?,8?,11?,12-/m0/s1. The summed E-state index contributed by atoms with van der Waals surface area (Å²) in [6, 6.07) is 1.71. The molecule has 4 atom stereocenters. The Balaban J connectivity index is 2.10. The van der Waals surface area contributed by atoms with E-state index in [1.165, 1.54) is 13.3 Å². The largest absolute Gasteiger partial charge is 0.394 e. The second kappa shape index (κ2) is 4.38. The monoisotopic (exact) mass is 280 g/mol. The second-order valence-electron chi connectivity index (χ2n) is 5.10. The molecule has 5 N–H and O–H groups in total. The zero-order valence-corrected chi connectivity index (χ0v) is 10.8. The number of hydrogen-bond donors (Lipinski definition) is 4. The van der Waals surface area contributed by atoms with Gasteiger partial charge < -0.3 is 30.4 Å². The van der Waals surface area contributed by atoms with Gasteiger partial charge in [-0.05, 0) is 13.0 Å². The summed E-state index contributed by atoms with van der Waals surface area (Å²) in [5.41, 5.74) is 4.70. The Hall–Kier alpha value is -1.74. The van der Waals surface area contributed by atoms with Crippen LogP contribution in [0.2, 0.25) is 0 Å². The van der Waals surface area contributed by atoms with Crippen LogP contribution in [0.3, 0.4) is 0 Å². The second-order valence-corrected chi connectivity index (χ2v) is 5.10. The summed E-state index contributed by atoms with van der Waals surface area (Å²) in [4.78, 5) is 8.01. The molecule has 1 aliphatic rings. The molecule has 3 heterocycles. The van der Waals surface area contributed by atoms with Crippen LogP contribution >= 0.6 is 0 Å². The predicted molar refractivity (Wildman–Crippen MR) is 69.6 cm³/mol. The van der Waals surface area contributed by atoms with Crippen LogP contribution in [0.25, 0.3) is 11.0 Å². The lowest BCUT2D eigenvalue weighted by Crippen LogP contribution is -2.44. The third kappa shape index (κ3) is 1.70. The van der Waals surface area contributed by atoms with E-state index in [-0.39, 0.29) is 6.61 Å². The Kier molecular flexibility index (Phi) is 2.91. The van der Waals surface area contributed by atoms with Gasteiger partial charge in [-0.1, -0.05) is 0 Å². The summed E-state index contributed by atoms with van der Waals surface area (Å²) in [6.45, 7) is 1.07. The first-order valence-corrected chi connectivity index (χ1v) is 6.20. The molecular weight excluding hydrogens is 264 g/mol. The highest BCUT2D eigenvalue weighted by atomic mass is 16.6. The van der Waals surface area contributed by atoms with E-state index < -0.39 is 24.0 Å². The van der Waals surface area contributed by atoms with Crippen molar-refractivity contribution in [2.24, 2.45) is 0 Å². The minimum atomic E-state index is -1.56. The molecule has 2 aromatic heterocycles. The SMILES string of the molecule is C[C@]1(O)C(O)C(CO)OC1n1ccc2c(N)ncnc21. The van der Waals surface area contributed by atoms with Gasteiger partial charge in [0, 0.05) is 6.20 Å². The maximum Gasteiger partial charge on any atom is 0.167 e. The van der Waals surface area contributed by atoms with Crippen molar-refractivity contribution in [3.05, 3.63) is 18.6 Å². The Morgan fingerprint density at radius 3 is 2.90 bits per heavy atom. The molecule has 8 nitrogen and oxygen atoms in total. The Morgan fingerprint density at radius 2 is 2.25 bits per heavy atom. The first kappa shape index (κ1) is 13.3. The zero-order chi connectivity index (χ0) is 14.5. The molecule has 108 valence electrons. The predicted octanol–water partition coefficient (Wildman–Crippen LogP) is -0.985. The molecule has 0 aromatic carbocycles. The number of nitrogens with two attached hydrogens (primary N) is 1. The van der Waals surface area contributed by atoms with Gasteiger partial charge in [0.15, 0.2) is 6.23 Å². The molecule has 2 aromatic rings. The molecule has 1 fully saturated rings. The van der Waals surface area contributed by atoms with Crippen LogP contribution in [0.4, 0.5) is 5.82 Å². The van der Waals surface area contributed by atoms with Crippen LogP contribution in [-0.4, -0.2) is 54.3 Å². The summed E-state index contributed by atoms with van der Waals surface area (Å²) in [5, 5.41) is 30.3. The van der Waals surface area contributed by atoms with Gasteiger partial charge in [0.05, 0.1) is 12.0 Å². The number of rotatable bonds is 2. The molecule has 0 saturated carbocycles. The van der Waals surface area contributed by atoms with E-state index in [2.05, 4.69) is 9.97 Å². The highest BCUT2D eigenvalue weighted by Crippen LogP contribution is 2.39. The summed E-state index contributed by atoms with van der Waals surface area (Å²) < 4.78 is 7.12. The number of aliphatic hydroxyl groups is 3. The number of aromatic nitrogens is 3. The van der Waals surface area contributed by atoms with Crippen molar-refractivity contribution >= 4 is 16.9 Å². The third-order valence-corrected chi connectivity index (χ3v) is 3.73. The number of fused-ring (bicyclic) bond motifs is 1. The van der Waals surface area contributed by atoms with E-state index in [0.717, 1.165) is 0 Å². The van der Waals surface area contributed by atoms with Gasteiger partial charge in [0.25, 0.3) is 0 Å². The van der Waals surface area contributed by atoms with Crippen molar-refractivity contribution < 1.29 is 20.1 Å². The van der Waals surface area contributed by atoms with Crippen molar-refractivity contribution in [3.8, 4) is 0 Å². The first-order valence-electron chi connectivity index (χ1n) is 6.20. The van der Waals surface area contributed by atoms with Gasteiger partial charge in [0.1, 0.15) is 35.6 Å². The maximum atomic E-state index is 10.4. The number of nitrogens with zero attached hydrogens (tertiary/aromatic N) is 3. The van der Waals surface area contributed by atoms with Crippen LogP contribution in [0.5, 0.6) is 0 Å². The van der Waals surface area contributed by atoms with Crippen LogP contribution in [0.15, 0.2) is 18.6 Å². The van der Waals surface area contributed by atoms with Crippen molar-refractivity contribution in [1.29, 1.82) is 0 Å². The van der Waals surface area contributed by atoms with Crippen molar-refractivity contribution in [3.63, 3.8) is 0 Å². The Bertz CT molecular complexity index is 641. The fourth-order valence-electron chi connectivity index (χ4n) is 2.57. The molecule has 0 aliphatic carbocycles. The summed E-state index contributed by atoms with van der Waals surface area (Å²) in [7, 11) is 0. The van der Waals surface area contributed by atoms with Crippen LogP contribution in [0, 0.1) is 0 Å². The number of ether oxygens (including phenoxy) is 1. The molecule has 0 spiro atoms. The Labute approximate surface area is 114 Å². The topological polar surface area (TPSA) is 127 Å². The van der Waals surface area contributed by atoms with Crippen LogP contribution in [-0.2, 0) is 4.74 Å². The molecule has 0 bridgehead atoms. The normalized spacial score (nSPS) is 33.9. The van der Waals surface area contributed by atoms with Gasteiger partial charge in [-0.3, -0.25) is 0 Å². The minimum Gasteiger partial charge on any atom is -0.394 e. The highest BCUT2D eigenvalue weighted by molar-refractivity contribution is 5.86. The van der Waals surface area contributed by atoms with Crippen molar-refractivity contribution in [2.75, 3.05) is 12.3 Å². The number of nitrogen functional groups attached to an aromatic ring is 1. The molecule has 20 heavy (non-hydrogen) atoms. The smallest absolute Gasteiger partial charge is 0.167 e. The molecular formula is C12H16N4O4. The average Bonchev–Trinajstić information content (AvgIpc) is 2.92. The van der Waals surface area contributed by atoms with Crippen molar-refractivity contribution in [2.45, 2.75) is 31.0 Å². The quantitative estimate of drug-likeness (QED) is 0.556. The first-order chi connectivity index (χ1) is 9.46. The third-order valence-electron chi connectivity index (χ3n) is 3.73. The number of hydrogen-bond acceptors (Lipinski definition) is 7. The fraction of sp³-hybridized carbons (Fsp3) is 0.500. The number of anilines is 1. The molecule has 3 unspecified atom stereocenters. The lowest BCUT2D eigenvalue weighted by Gasteiger charge is -2.27. The molecule has 8 heteroatoms. The minimum absolute atomic E-state index is 0.325. The van der Waals surface area contributed by atoms with E-state index in [4.69, 9.17) is 10.5 Å². The average molecular weight is 280 g/mol. The summed E-state index contributed by atoms with van der Waals surface area (Å²) in [5.74, 6) is 0.325. The fourth-order valence-corrected chi connectivity index (χ4v) is 2.57. The van der Waals surface area contributed by atoms with E-state index in [9.17, 15) is 15.3 Å². The van der Waals surface area contributed by atoms with E-state index in [1.54, 1.807) is 16.8 Å². The van der Waals surface area contributed by atoms with Gasteiger partial charge in [0.2, 0.25) is 0 Å². The lowest BCUT2D eigenvalue weighted by atomic mass is 9.96. The highest BCUT2D eigenvalue weighted by Gasteiger charge is 2.53. The molecule has 1 aliphatic heterocycles. The zero-order valence-electron chi connectivity index (χ0n) is 10.8. The molecule has 0 amide bonds. The molecule has 1 saturated heterocycles. The van der Waals surface area contributed by atoms with Gasteiger partial charge in [-0.25, -0.2) is 9.97 Å². The van der Waals surface area contributed by atoms with Gasteiger partial charge in [-0.2, -0.15) is 0 Å². The van der Waals surface area contributed by atoms with E-state index >= 15 is 0 Å². The van der Waals surface area contributed by atoms with Gasteiger partial charge >= 0.3 is 0 Å². The maximum absolute atomic E-state index is 10.4. The summed E-state index contributed by atoms with van der Waals surface area (Å²) in [6.07, 6.45) is 0.0428. The van der Waals surface area contributed by atoms with Gasteiger partial charge in [-0.15, -0.1) is 0 Å². The van der Waals surface area contributed by atoms with Crippen LogP contribution < -0.4 is 5.73 Å². The van der Waals surface area contributed by atoms with E-state index in [0.29, 0.717) is 16.9 Å². The molecule has 0 radical (unpaired) electrons. The van der Waals surface area contributed by atoms with Crippen LogP contribution in [0.1, 0.15) is 13.2 Å². The molecule has 3 rings (SSSR count). The summed E-state index contributed by atoms with van der Waals surface area (Å²) >= 11 is 0. The van der Waals surface area contributed by atoms with E-state index in [1.807, 2.05) is 0 Å².